The maximum absolute atomic E-state index is 12.4. The van der Waals surface area contributed by atoms with Crippen molar-refractivity contribution in [2.45, 2.75) is 26.3 Å². The molecule has 3 rings (SSSR count). The summed E-state index contributed by atoms with van der Waals surface area (Å²) >= 11 is 0. The number of carbonyl (C=O) groups is 2. The van der Waals surface area contributed by atoms with E-state index in [4.69, 9.17) is 4.74 Å². The van der Waals surface area contributed by atoms with Crippen LogP contribution in [-0.4, -0.2) is 49.4 Å². The molecule has 1 aliphatic rings. The van der Waals surface area contributed by atoms with Crippen LogP contribution in [0.15, 0.2) is 53.5 Å². The Morgan fingerprint density at radius 3 is 2.23 bits per heavy atom. The van der Waals surface area contributed by atoms with Crippen LogP contribution in [0.4, 0.5) is 0 Å². The van der Waals surface area contributed by atoms with Gasteiger partial charge in [-0.1, -0.05) is 24.3 Å². The summed E-state index contributed by atoms with van der Waals surface area (Å²) < 4.78 is 5.17. The molecule has 0 aliphatic carbocycles. The third kappa shape index (κ3) is 5.17. The van der Waals surface area contributed by atoms with Crippen molar-refractivity contribution in [3.05, 3.63) is 65.2 Å². The molecule has 7 heteroatoms. The van der Waals surface area contributed by atoms with Crippen molar-refractivity contribution >= 4 is 17.8 Å². The first-order chi connectivity index (χ1) is 14.6. The van der Waals surface area contributed by atoms with Crippen LogP contribution < -0.4 is 15.4 Å². The van der Waals surface area contributed by atoms with Gasteiger partial charge in [0.1, 0.15) is 5.75 Å². The lowest BCUT2D eigenvalue weighted by atomic mass is 10.1. The van der Waals surface area contributed by atoms with Crippen molar-refractivity contribution in [2.24, 2.45) is 4.99 Å². The molecule has 0 saturated carbocycles. The van der Waals surface area contributed by atoms with Crippen LogP contribution in [0.25, 0.3) is 0 Å². The van der Waals surface area contributed by atoms with E-state index >= 15 is 0 Å². The highest BCUT2D eigenvalue weighted by Crippen LogP contribution is 2.22. The predicted octanol–water partition coefficient (Wildman–Crippen LogP) is 2.83. The standard InChI is InChI=1S/C23H28N4O3/c1-3-24-23(26-16-17-10-12-18(30-2)13-11-17)25-14-6-7-15-27-21(28)19-8-4-5-9-20(19)22(27)29/h4-5,8-13H,3,6-7,14-16H2,1-2H3,(H2,24,25,26). The monoisotopic (exact) mass is 408 g/mol. The molecule has 1 aliphatic heterocycles. The molecule has 2 aromatic rings. The average Bonchev–Trinajstić information content (AvgIpc) is 3.02. The minimum absolute atomic E-state index is 0.196. The number of guanidine groups is 1. The molecular weight excluding hydrogens is 380 g/mol. The van der Waals surface area contributed by atoms with Gasteiger partial charge in [0.15, 0.2) is 5.96 Å². The van der Waals surface area contributed by atoms with Gasteiger partial charge in [-0.15, -0.1) is 0 Å². The summed E-state index contributed by atoms with van der Waals surface area (Å²) in [6.45, 7) is 4.48. The third-order valence-electron chi connectivity index (χ3n) is 4.90. The fraction of sp³-hybridized carbons (Fsp3) is 0.348. The summed E-state index contributed by atoms with van der Waals surface area (Å²) in [7, 11) is 1.65. The Morgan fingerprint density at radius 2 is 1.63 bits per heavy atom. The lowest BCUT2D eigenvalue weighted by Gasteiger charge is -2.14. The molecule has 0 saturated heterocycles. The number of benzene rings is 2. The van der Waals surface area contributed by atoms with E-state index in [9.17, 15) is 9.59 Å². The number of methoxy groups -OCH3 is 1. The maximum Gasteiger partial charge on any atom is 0.261 e. The molecule has 0 atom stereocenters. The second kappa shape index (κ2) is 10.4. The van der Waals surface area contributed by atoms with E-state index in [0.717, 1.165) is 36.7 Å². The van der Waals surface area contributed by atoms with Gasteiger partial charge in [-0.05, 0) is 49.6 Å². The van der Waals surface area contributed by atoms with Gasteiger partial charge in [0.2, 0.25) is 0 Å². The van der Waals surface area contributed by atoms with E-state index in [2.05, 4.69) is 15.6 Å². The van der Waals surface area contributed by atoms with Gasteiger partial charge in [-0.3, -0.25) is 14.5 Å². The lowest BCUT2D eigenvalue weighted by Crippen LogP contribution is -2.38. The number of nitrogens with zero attached hydrogens (tertiary/aromatic N) is 2. The number of imide groups is 1. The Morgan fingerprint density at radius 1 is 0.967 bits per heavy atom. The van der Waals surface area contributed by atoms with E-state index in [1.165, 1.54) is 4.90 Å². The highest BCUT2D eigenvalue weighted by atomic mass is 16.5. The van der Waals surface area contributed by atoms with Crippen molar-refractivity contribution < 1.29 is 14.3 Å². The van der Waals surface area contributed by atoms with E-state index in [1.807, 2.05) is 31.2 Å². The molecule has 0 bridgehead atoms. The Hall–Kier alpha value is -3.35. The van der Waals surface area contributed by atoms with Gasteiger partial charge in [0.25, 0.3) is 11.8 Å². The molecule has 158 valence electrons. The fourth-order valence-electron chi connectivity index (χ4n) is 3.29. The smallest absolute Gasteiger partial charge is 0.261 e. The Kier molecular flexibility index (Phi) is 7.43. The molecule has 0 spiro atoms. The topological polar surface area (TPSA) is 83.0 Å². The number of nitrogens with one attached hydrogen (secondary N) is 2. The zero-order chi connectivity index (χ0) is 21.3. The van der Waals surface area contributed by atoms with Gasteiger partial charge < -0.3 is 15.4 Å². The molecule has 2 amide bonds. The second-order valence-corrected chi connectivity index (χ2v) is 6.98. The number of hydrogen-bond donors (Lipinski definition) is 2. The summed E-state index contributed by atoms with van der Waals surface area (Å²) in [6, 6.07) is 14.8. The molecule has 0 aromatic heterocycles. The van der Waals surface area contributed by atoms with Crippen LogP contribution in [0.3, 0.4) is 0 Å². The van der Waals surface area contributed by atoms with Crippen LogP contribution in [0, 0.1) is 0 Å². The Labute approximate surface area is 177 Å². The molecule has 30 heavy (non-hydrogen) atoms. The summed E-state index contributed by atoms with van der Waals surface area (Å²) in [4.78, 5) is 30.7. The molecule has 0 fully saturated rings. The SMILES string of the molecule is CCNC(=NCc1ccc(OC)cc1)NCCCCN1C(=O)c2ccccc2C1=O. The zero-order valence-electron chi connectivity index (χ0n) is 17.5. The summed E-state index contributed by atoms with van der Waals surface area (Å²) in [5.41, 5.74) is 2.10. The van der Waals surface area contributed by atoms with E-state index in [0.29, 0.717) is 30.8 Å². The first-order valence-corrected chi connectivity index (χ1v) is 10.2. The highest BCUT2D eigenvalue weighted by molar-refractivity contribution is 6.21. The van der Waals surface area contributed by atoms with Crippen LogP contribution in [0.1, 0.15) is 46.0 Å². The molecule has 2 N–H and O–H groups in total. The van der Waals surface area contributed by atoms with Crippen LogP contribution in [-0.2, 0) is 6.54 Å². The summed E-state index contributed by atoms with van der Waals surface area (Å²) in [5.74, 6) is 1.18. The van der Waals surface area contributed by atoms with Crippen LogP contribution in [0.5, 0.6) is 5.75 Å². The number of unbranched alkanes of at least 4 members (excludes halogenated alkanes) is 1. The third-order valence-corrected chi connectivity index (χ3v) is 4.90. The average molecular weight is 409 g/mol. The van der Waals surface area contributed by atoms with E-state index < -0.39 is 0 Å². The molecular formula is C23H28N4O3. The number of carbonyl (C=O) groups excluding carboxylic acids is 2. The minimum atomic E-state index is -0.196. The minimum Gasteiger partial charge on any atom is -0.497 e. The first kappa shape index (κ1) is 21.4. The number of amides is 2. The Balaban J connectivity index is 1.43. The van der Waals surface area contributed by atoms with Crippen LogP contribution in [0.2, 0.25) is 0 Å². The number of hydrogen-bond acceptors (Lipinski definition) is 4. The quantitative estimate of drug-likeness (QED) is 0.289. The normalized spacial score (nSPS) is 13.4. The van der Waals surface area contributed by atoms with Crippen molar-refractivity contribution in [2.75, 3.05) is 26.7 Å². The van der Waals surface area contributed by atoms with E-state index in [-0.39, 0.29) is 11.8 Å². The summed E-state index contributed by atoms with van der Waals surface area (Å²) in [6.07, 6.45) is 1.55. The number of rotatable bonds is 9. The van der Waals surface area contributed by atoms with Gasteiger partial charge in [0.05, 0.1) is 24.8 Å². The summed E-state index contributed by atoms with van der Waals surface area (Å²) in [5, 5.41) is 6.53. The molecule has 2 aromatic carbocycles. The van der Waals surface area contributed by atoms with Gasteiger partial charge in [-0.25, -0.2) is 4.99 Å². The van der Waals surface area contributed by atoms with Crippen LogP contribution >= 0.6 is 0 Å². The van der Waals surface area contributed by atoms with Crippen molar-refractivity contribution in [1.29, 1.82) is 0 Å². The Bertz CT molecular complexity index is 874. The number of ether oxygens (including phenoxy) is 1. The highest BCUT2D eigenvalue weighted by Gasteiger charge is 2.34. The van der Waals surface area contributed by atoms with Gasteiger partial charge in [0, 0.05) is 19.6 Å². The van der Waals surface area contributed by atoms with Crippen molar-refractivity contribution in [3.63, 3.8) is 0 Å². The predicted molar refractivity (Wildman–Crippen MR) is 117 cm³/mol. The van der Waals surface area contributed by atoms with Crippen molar-refractivity contribution in [1.82, 2.24) is 15.5 Å². The lowest BCUT2D eigenvalue weighted by molar-refractivity contribution is 0.0652. The second-order valence-electron chi connectivity index (χ2n) is 6.98. The molecule has 0 unspecified atom stereocenters. The zero-order valence-corrected chi connectivity index (χ0v) is 17.5. The van der Waals surface area contributed by atoms with Gasteiger partial charge >= 0.3 is 0 Å². The molecule has 0 radical (unpaired) electrons. The van der Waals surface area contributed by atoms with Crippen molar-refractivity contribution in [3.8, 4) is 5.75 Å². The largest absolute Gasteiger partial charge is 0.497 e. The fourth-order valence-corrected chi connectivity index (χ4v) is 3.29. The molecule has 1 heterocycles. The molecule has 7 nitrogen and oxygen atoms in total. The number of aliphatic imine (C=N–C) groups is 1. The maximum atomic E-state index is 12.4. The first-order valence-electron chi connectivity index (χ1n) is 10.2. The van der Waals surface area contributed by atoms with Gasteiger partial charge in [-0.2, -0.15) is 0 Å². The van der Waals surface area contributed by atoms with E-state index in [1.54, 1.807) is 31.4 Å². The number of fused-ring (bicyclic) bond motifs is 1.